The molecule has 0 N–H and O–H groups in total. The van der Waals surface area contributed by atoms with Crippen molar-refractivity contribution >= 4 is 23.4 Å². The number of nitrogens with zero attached hydrogens (tertiary/aromatic N) is 3. The third-order valence-corrected chi connectivity index (χ3v) is 5.11. The standard InChI is InChI=1S/C18H18ClN3S/c1-3-22-17(15-10-6-7-11-16(15)19)20-21-18(22)23-12-14-9-5-4-8-13(14)2/h4-11H,3,12H2,1-2H3. The molecule has 3 aromatic rings. The van der Waals surface area contributed by atoms with Crippen LogP contribution in [0.2, 0.25) is 5.02 Å². The van der Waals surface area contributed by atoms with Crippen LogP contribution in [0.1, 0.15) is 18.1 Å². The van der Waals surface area contributed by atoms with E-state index >= 15 is 0 Å². The summed E-state index contributed by atoms with van der Waals surface area (Å²) < 4.78 is 2.12. The fraction of sp³-hybridized carbons (Fsp3) is 0.222. The lowest BCUT2D eigenvalue weighted by atomic mass is 10.1. The third-order valence-electron chi connectivity index (χ3n) is 3.77. The van der Waals surface area contributed by atoms with Gasteiger partial charge in [0.05, 0.1) is 5.02 Å². The quantitative estimate of drug-likeness (QED) is 0.595. The van der Waals surface area contributed by atoms with Gasteiger partial charge in [-0.25, -0.2) is 0 Å². The van der Waals surface area contributed by atoms with Crippen LogP contribution in [0.5, 0.6) is 0 Å². The van der Waals surface area contributed by atoms with Crippen molar-refractivity contribution < 1.29 is 0 Å². The summed E-state index contributed by atoms with van der Waals surface area (Å²) in [6, 6.07) is 16.2. The molecule has 0 unspecified atom stereocenters. The van der Waals surface area contributed by atoms with Crippen molar-refractivity contribution in [1.29, 1.82) is 0 Å². The van der Waals surface area contributed by atoms with Crippen molar-refractivity contribution in [3.8, 4) is 11.4 Å². The maximum absolute atomic E-state index is 6.30. The monoisotopic (exact) mass is 343 g/mol. The van der Waals surface area contributed by atoms with Gasteiger partial charge in [0.2, 0.25) is 0 Å². The highest BCUT2D eigenvalue weighted by molar-refractivity contribution is 7.98. The zero-order valence-electron chi connectivity index (χ0n) is 13.2. The Balaban J connectivity index is 1.87. The summed E-state index contributed by atoms with van der Waals surface area (Å²) in [5.74, 6) is 1.71. The first kappa shape index (κ1) is 16.1. The number of hydrogen-bond acceptors (Lipinski definition) is 3. The number of benzene rings is 2. The van der Waals surface area contributed by atoms with Crippen LogP contribution < -0.4 is 0 Å². The van der Waals surface area contributed by atoms with Crippen LogP contribution in [0.4, 0.5) is 0 Å². The van der Waals surface area contributed by atoms with E-state index in [2.05, 4.69) is 52.9 Å². The molecule has 1 aromatic heterocycles. The zero-order chi connectivity index (χ0) is 16.2. The van der Waals surface area contributed by atoms with Crippen LogP contribution in [0.15, 0.2) is 53.7 Å². The molecule has 0 spiro atoms. The molecular formula is C18H18ClN3S. The Labute approximate surface area is 145 Å². The Morgan fingerprint density at radius 3 is 2.52 bits per heavy atom. The van der Waals surface area contributed by atoms with Gasteiger partial charge in [-0.2, -0.15) is 0 Å². The summed E-state index contributed by atoms with van der Waals surface area (Å²) in [5, 5.41) is 10.3. The highest BCUT2D eigenvalue weighted by atomic mass is 35.5. The van der Waals surface area contributed by atoms with E-state index in [1.165, 1.54) is 11.1 Å². The molecule has 0 atom stereocenters. The van der Waals surface area contributed by atoms with Gasteiger partial charge < -0.3 is 4.57 Å². The highest BCUT2D eigenvalue weighted by Gasteiger charge is 2.15. The van der Waals surface area contributed by atoms with Crippen LogP contribution in [0.25, 0.3) is 11.4 Å². The normalized spacial score (nSPS) is 10.9. The van der Waals surface area contributed by atoms with Crippen molar-refractivity contribution in [2.75, 3.05) is 0 Å². The van der Waals surface area contributed by atoms with Gasteiger partial charge in [-0.1, -0.05) is 59.8 Å². The number of halogens is 1. The molecule has 0 aliphatic heterocycles. The maximum Gasteiger partial charge on any atom is 0.191 e. The molecule has 0 radical (unpaired) electrons. The van der Waals surface area contributed by atoms with Crippen molar-refractivity contribution in [3.05, 3.63) is 64.7 Å². The lowest BCUT2D eigenvalue weighted by Crippen LogP contribution is -2.00. The molecule has 0 bridgehead atoms. The van der Waals surface area contributed by atoms with Crippen LogP contribution >= 0.6 is 23.4 Å². The van der Waals surface area contributed by atoms with E-state index in [-0.39, 0.29) is 0 Å². The summed E-state index contributed by atoms with van der Waals surface area (Å²) in [6.07, 6.45) is 0. The van der Waals surface area contributed by atoms with E-state index in [1.54, 1.807) is 11.8 Å². The molecule has 0 aliphatic rings. The zero-order valence-corrected chi connectivity index (χ0v) is 14.7. The minimum Gasteiger partial charge on any atom is -0.302 e. The number of aryl methyl sites for hydroxylation is 1. The predicted octanol–water partition coefficient (Wildman–Crippen LogP) is 5.22. The van der Waals surface area contributed by atoms with Gasteiger partial charge in [-0.3, -0.25) is 0 Å². The summed E-state index contributed by atoms with van der Waals surface area (Å²) in [6.45, 7) is 5.04. The second-order valence-electron chi connectivity index (χ2n) is 5.25. The molecule has 0 fully saturated rings. The Morgan fingerprint density at radius 1 is 1.04 bits per heavy atom. The van der Waals surface area contributed by atoms with Crippen LogP contribution in [-0.2, 0) is 12.3 Å². The molecule has 3 nitrogen and oxygen atoms in total. The van der Waals surface area contributed by atoms with E-state index in [4.69, 9.17) is 11.6 Å². The van der Waals surface area contributed by atoms with Gasteiger partial charge in [0.25, 0.3) is 0 Å². The fourth-order valence-electron chi connectivity index (χ4n) is 2.44. The molecule has 2 aromatic carbocycles. The van der Waals surface area contributed by atoms with Crippen molar-refractivity contribution in [2.45, 2.75) is 31.3 Å². The average molecular weight is 344 g/mol. The Bertz CT molecular complexity index is 814. The SMILES string of the molecule is CCn1c(SCc2ccccc2C)nnc1-c1ccccc1Cl. The van der Waals surface area contributed by atoms with Crippen LogP contribution in [0.3, 0.4) is 0 Å². The Morgan fingerprint density at radius 2 is 1.78 bits per heavy atom. The number of thioether (sulfide) groups is 1. The number of hydrogen-bond donors (Lipinski definition) is 0. The van der Waals surface area contributed by atoms with Gasteiger partial charge in [0, 0.05) is 17.9 Å². The largest absolute Gasteiger partial charge is 0.302 e. The van der Waals surface area contributed by atoms with Gasteiger partial charge in [0.15, 0.2) is 11.0 Å². The first-order valence-electron chi connectivity index (χ1n) is 7.56. The van der Waals surface area contributed by atoms with Crippen molar-refractivity contribution in [2.24, 2.45) is 0 Å². The molecule has 1 heterocycles. The third kappa shape index (κ3) is 3.43. The van der Waals surface area contributed by atoms with Gasteiger partial charge in [-0.15, -0.1) is 10.2 Å². The van der Waals surface area contributed by atoms with Crippen LogP contribution in [0, 0.1) is 6.92 Å². The maximum atomic E-state index is 6.30. The second-order valence-corrected chi connectivity index (χ2v) is 6.60. The molecule has 0 saturated heterocycles. The second kappa shape index (κ2) is 7.20. The van der Waals surface area contributed by atoms with Crippen molar-refractivity contribution in [1.82, 2.24) is 14.8 Å². The first-order chi connectivity index (χ1) is 11.2. The first-order valence-corrected chi connectivity index (χ1v) is 8.92. The van der Waals surface area contributed by atoms with Gasteiger partial charge in [0.1, 0.15) is 0 Å². The summed E-state index contributed by atoms with van der Waals surface area (Å²) in [5.41, 5.74) is 3.54. The molecule has 5 heteroatoms. The Hall–Kier alpha value is -1.78. The predicted molar refractivity (Wildman–Crippen MR) is 96.9 cm³/mol. The molecule has 23 heavy (non-hydrogen) atoms. The summed E-state index contributed by atoms with van der Waals surface area (Å²) in [4.78, 5) is 0. The van der Waals surface area contributed by atoms with E-state index in [9.17, 15) is 0 Å². The summed E-state index contributed by atoms with van der Waals surface area (Å²) >= 11 is 8.01. The lowest BCUT2D eigenvalue weighted by Gasteiger charge is -2.09. The molecular weight excluding hydrogens is 326 g/mol. The van der Waals surface area contributed by atoms with Gasteiger partial charge >= 0.3 is 0 Å². The Kier molecular flexibility index (Phi) is 5.03. The average Bonchev–Trinajstić information content (AvgIpc) is 2.97. The lowest BCUT2D eigenvalue weighted by molar-refractivity contribution is 0.687. The number of aromatic nitrogens is 3. The molecule has 0 amide bonds. The summed E-state index contributed by atoms with van der Waals surface area (Å²) in [7, 11) is 0. The highest BCUT2D eigenvalue weighted by Crippen LogP contribution is 2.30. The number of rotatable bonds is 5. The van der Waals surface area contributed by atoms with E-state index < -0.39 is 0 Å². The molecule has 0 aliphatic carbocycles. The topological polar surface area (TPSA) is 30.7 Å². The van der Waals surface area contributed by atoms with Crippen molar-refractivity contribution in [3.63, 3.8) is 0 Å². The minimum atomic E-state index is 0.699. The van der Waals surface area contributed by atoms with E-state index in [1.807, 2.05) is 24.3 Å². The molecule has 0 saturated carbocycles. The smallest absolute Gasteiger partial charge is 0.191 e. The molecule has 3 rings (SSSR count). The fourth-order valence-corrected chi connectivity index (χ4v) is 3.74. The van der Waals surface area contributed by atoms with Gasteiger partial charge in [-0.05, 0) is 37.1 Å². The van der Waals surface area contributed by atoms with Crippen LogP contribution in [-0.4, -0.2) is 14.8 Å². The van der Waals surface area contributed by atoms with E-state index in [0.29, 0.717) is 5.02 Å². The molecule has 118 valence electrons. The minimum absolute atomic E-state index is 0.699. The van der Waals surface area contributed by atoms with E-state index in [0.717, 1.165) is 28.8 Å².